The van der Waals surface area contributed by atoms with Crippen LogP contribution in [-0.4, -0.2) is 29.8 Å². The van der Waals surface area contributed by atoms with Crippen molar-refractivity contribution in [2.45, 2.75) is 27.7 Å². The van der Waals surface area contributed by atoms with Gasteiger partial charge in [-0.15, -0.1) is 0 Å². The SMILES string of the molecule is CCOP(=S)(OCC)SCCSC(=O)C(C)C. The number of carbonyl (C=O) groups is 1. The minimum Gasteiger partial charge on any atom is -0.322 e. The first-order valence-corrected chi connectivity index (χ1v) is 10.9. The predicted molar refractivity (Wildman–Crippen MR) is 82.3 cm³/mol. The third-order valence-corrected chi connectivity index (χ3v) is 8.61. The molecule has 0 aromatic carbocycles. The molecule has 102 valence electrons. The molecule has 0 atom stereocenters. The van der Waals surface area contributed by atoms with Gasteiger partial charge >= 0.3 is 0 Å². The van der Waals surface area contributed by atoms with Gasteiger partial charge < -0.3 is 9.05 Å². The van der Waals surface area contributed by atoms with Gasteiger partial charge in [0.2, 0.25) is 5.69 Å². The summed E-state index contributed by atoms with van der Waals surface area (Å²) >= 11 is 8.26. The predicted octanol–water partition coefficient (Wildman–Crippen LogP) is 3.93. The van der Waals surface area contributed by atoms with E-state index in [1.165, 1.54) is 23.1 Å². The Morgan fingerprint density at radius 2 is 1.76 bits per heavy atom. The van der Waals surface area contributed by atoms with E-state index in [0.29, 0.717) is 13.2 Å². The number of rotatable bonds is 9. The molecule has 0 aliphatic rings. The van der Waals surface area contributed by atoms with Gasteiger partial charge in [-0.25, -0.2) is 0 Å². The molecule has 17 heavy (non-hydrogen) atoms. The van der Waals surface area contributed by atoms with Crippen LogP contribution in [0.25, 0.3) is 0 Å². The molecule has 0 saturated heterocycles. The van der Waals surface area contributed by atoms with E-state index in [9.17, 15) is 4.79 Å². The molecule has 0 bridgehead atoms. The Balaban J connectivity index is 3.91. The normalized spacial score (nSPS) is 12.1. The van der Waals surface area contributed by atoms with E-state index in [2.05, 4.69) is 0 Å². The van der Waals surface area contributed by atoms with Crippen LogP contribution in [0, 0.1) is 5.92 Å². The molecule has 0 N–H and O–H groups in total. The van der Waals surface area contributed by atoms with E-state index in [-0.39, 0.29) is 11.0 Å². The molecule has 0 radical (unpaired) electrons. The van der Waals surface area contributed by atoms with Crippen LogP contribution in [0.2, 0.25) is 0 Å². The smallest absolute Gasteiger partial charge is 0.247 e. The Morgan fingerprint density at radius 3 is 2.18 bits per heavy atom. The summed E-state index contributed by atoms with van der Waals surface area (Å²) in [5.41, 5.74) is -2.18. The molecule has 0 aromatic rings. The van der Waals surface area contributed by atoms with Gasteiger partial charge in [0.05, 0.1) is 13.2 Å². The number of thioether (sulfide) groups is 1. The van der Waals surface area contributed by atoms with E-state index in [4.69, 9.17) is 20.9 Å². The van der Waals surface area contributed by atoms with Crippen molar-refractivity contribution >= 4 is 45.8 Å². The molecule has 0 heterocycles. The van der Waals surface area contributed by atoms with E-state index < -0.39 is 5.69 Å². The molecule has 0 saturated carbocycles. The third-order valence-electron chi connectivity index (χ3n) is 1.62. The fourth-order valence-electron chi connectivity index (χ4n) is 0.886. The standard InChI is InChI=1S/C10H21O3PS3/c1-5-12-14(15,13-6-2)17-8-7-16-10(11)9(3)4/h9H,5-8H2,1-4H3. The van der Waals surface area contributed by atoms with E-state index >= 15 is 0 Å². The quantitative estimate of drug-likeness (QED) is 0.474. The number of carbonyl (C=O) groups excluding carboxylic acids is 1. The summed E-state index contributed by atoms with van der Waals surface area (Å²) in [6, 6.07) is 0. The molecular formula is C10H21O3PS3. The van der Waals surface area contributed by atoms with Gasteiger partial charge in [0, 0.05) is 17.4 Å². The van der Waals surface area contributed by atoms with Gasteiger partial charge in [-0.3, -0.25) is 4.79 Å². The summed E-state index contributed by atoms with van der Waals surface area (Å²) in [4.78, 5) is 11.4. The maximum atomic E-state index is 11.4. The third kappa shape index (κ3) is 8.62. The first kappa shape index (κ1) is 17.9. The molecule has 0 amide bonds. The van der Waals surface area contributed by atoms with Gasteiger partial charge in [0.1, 0.15) is 0 Å². The number of hydrogen-bond donors (Lipinski definition) is 0. The summed E-state index contributed by atoms with van der Waals surface area (Å²) in [7, 11) is 0. The zero-order valence-corrected chi connectivity index (χ0v) is 14.1. The second-order valence-electron chi connectivity index (χ2n) is 3.44. The lowest BCUT2D eigenvalue weighted by Crippen LogP contribution is -2.03. The monoisotopic (exact) mass is 316 g/mol. The van der Waals surface area contributed by atoms with Gasteiger partial charge in [0.15, 0.2) is 5.12 Å². The highest BCUT2D eigenvalue weighted by molar-refractivity contribution is 8.68. The second kappa shape index (κ2) is 9.82. The Morgan fingerprint density at radius 1 is 1.24 bits per heavy atom. The fraction of sp³-hybridized carbons (Fsp3) is 0.900. The zero-order valence-electron chi connectivity index (χ0n) is 10.8. The fourth-order valence-corrected chi connectivity index (χ4v) is 6.86. The maximum absolute atomic E-state index is 11.4. The van der Waals surface area contributed by atoms with Gasteiger partial charge in [-0.05, 0) is 25.7 Å². The Hall–Kier alpha value is 0.940. The van der Waals surface area contributed by atoms with Crippen LogP contribution in [0.3, 0.4) is 0 Å². The molecule has 0 rings (SSSR count). The lowest BCUT2D eigenvalue weighted by atomic mass is 10.3. The van der Waals surface area contributed by atoms with Crippen molar-refractivity contribution in [3.05, 3.63) is 0 Å². The largest absolute Gasteiger partial charge is 0.322 e. The molecule has 0 aliphatic heterocycles. The molecule has 0 unspecified atom stereocenters. The molecule has 7 heteroatoms. The van der Waals surface area contributed by atoms with E-state index in [0.717, 1.165) is 11.5 Å². The van der Waals surface area contributed by atoms with Crippen molar-refractivity contribution in [2.24, 2.45) is 5.92 Å². The summed E-state index contributed by atoms with van der Waals surface area (Å²) in [6.07, 6.45) is 0. The molecule has 3 nitrogen and oxygen atoms in total. The number of hydrogen-bond acceptors (Lipinski definition) is 6. The second-order valence-corrected chi connectivity index (χ2v) is 11.0. The van der Waals surface area contributed by atoms with Crippen molar-refractivity contribution in [1.29, 1.82) is 0 Å². The molecular weight excluding hydrogens is 295 g/mol. The van der Waals surface area contributed by atoms with Crippen LogP contribution in [0.15, 0.2) is 0 Å². The van der Waals surface area contributed by atoms with Crippen molar-refractivity contribution in [2.75, 3.05) is 24.7 Å². The van der Waals surface area contributed by atoms with Crippen molar-refractivity contribution in [1.82, 2.24) is 0 Å². The minimum absolute atomic E-state index is 0.0897. The maximum Gasteiger partial charge on any atom is 0.247 e. The van der Waals surface area contributed by atoms with Gasteiger partial charge in [-0.1, -0.05) is 37.0 Å². The highest BCUT2D eigenvalue weighted by atomic mass is 32.9. The topological polar surface area (TPSA) is 35.5 Å². The van der Waals surface area contributed by atoms with Crippen LogP contribution in [0.1, 0.15) is 27.7 Å². The Kier molecular flexibility index (Phi) is 10.4. The highest BCUT2D eigenvalue weighted by Gasteiger charge is 2.18. The van der Waals surface area contributed by atoms with Crippen LogP contribution in [-0.2, 0) is 25.6 Å². The van der Waals surface area contributed by atoms with Crippen LogP contribution < -0.4 is 0 Å². The summed E-state index contributed by atoms with van der Waals surface area (Å²) < 4.78 is 11.0. The Labute approximate surface area is 118 Å². The zero-order chi connectivity index (χ0) is 13.3. The summed E-state index contributed by atoms with van der Waals surface area (Å²) in [5.74, 6) is 1.65. The van der Waals surface area contributed by atoms with E-state index in [1.807, 2.05) is 27.7 Å². The van der Waals surface area contributed by atoms with Crippen molar-refractivity contribution in [3.63, 3.8) is 0 Å². The average Bonchev–Trinajstić information content (AvgIpc) is 2.24. The van der Waals surface area contributed by atoms with Gasteiger partial charge in [-0.2, -0.15) is 0 Å². The van der Waals surface area contributed by atoms with E-state index in [1.54, 1.807) is 0 Å². The van der Waals surface area contributed by atoms with Crippen LogP contribution in [0.5, 0.6) is 0 Å². The first-order chi connectivity index (χ1) is 7.95. The van der Waals surface area contributed by atoms with Crippen molar-refractivity contribution in [3.8, 4) is 0 Å². The molecule has 0 aliphatic carbocycles. The molecule has 0 fully saturated rings. The van der Waals surface area contributed by atoms with Gasteiger partial charge in [0.25, 0.3) is 0 Å². The molecule has 0 spiro atoms. The minimum atomic E-state index is -2.18. The van der Waals surface area contributed by atoms with Crippen LogP contribution >= 0.6 is 28.8 Å². The summed E-state index contributed by atoms with van der Waals surface area (Å²) in [6.45, 7) is 8.79. The molecule has 0 aromatic heterocycles. The lowest BCUT2D eigenvalue weighted by Gasteiger charge is -2.19. The lowest BCUT2D eigenvalue weighted by molar-refractivity contribution is -0.113. The van der Waals surface area contributed by atoms with Crippen LogP contribution in [0.4, 0.5) is 0 Å². The van der Waals surface area contributed by atoms with Crippen molar-refractivity contribution < 1.29 is 13.8 Å². The Bertz CT molecular complexity index is 262. The highest BCUT2D eigenvalue weighted by Crippen LogP contribution is 2.60. The average molecular weight is 316 g/mol. The first-order valence-electron chi connectivity index (χ1n) is 5.65. The summed E-state index contributed by atoms with van der Waals surface area (Å²) in [5, 5.41) is 0.228.